The van der Waals surface area contributed by atoms with Crippen LogP contribution < -0.4 is 10.6 Å². The van der Waals surface area contributed by atoms with Crippen LogP contribution in [0.2, 0.25) is 0 Å². The van der Waals surface area contributed by atoms with Crippen LogP contribution in [0.5, 0.6) is 0 Å². The zero-order chi connectivity index (χ0) is 10.7. The van der Waals surface area contributed by atoms with E-state index in [0.29, 0.717) is 0 Å². The van der Waals surface area contributed by atoms with Crippen LogP contribution in [0.1, 0.15) is 11.6 Å². The van der Waals surface area contributed by atoms with Gasteiger partial charge in [-0.25, -0.2) is 0 Å². The molecule has 0 bridgehead atoms. The fourth-order valence-electron chi connectivity index (χ4n) is 1.72. The molecule has 0 amide bonds. The van der Waals surface area contributed by atoms with Gasteiger partial charge in [0.05, 0.1) is 4.92 Å². The molecule has 5 nitrogen and oxygen atoms in total. The molecule has 0 spiro atoms. The standard InChI is InChI=1S/C10H13N3O2.ClH/c14-13(15)9-3-1-8(2-4-9)10-7-11-5-6-12-10;/h1-4,10-12H,5-7H2;1H/t10-;/m0./s1. The topological polar surface area (TPSA) is 67.2 Å². The largest absolute Gasteiger partial charge is 0.314 e. The Labute approximate surface area is 99.8 Å². The molecule has 0 saturated carbocycles. The van der Waals surface area contributed by atoms with E-state index in [1.165, 1.54) is 0 Å². The van der Waals surface area contributed by atoms with Gasteiger partial charge in [0.1, 0.15) is 0 Å². The van der Waals surface area contributed by atoms with Crippen LogP contribution in [0.4, 0.5) is 5.69 Å². The number of benzene rings is 1. The quantitative estimate of drug-likeness (QED) is 0.606. The van der Waals surface area contributed by atoms with Crippen molar-refractivity contribution in [3.63, 3.8) is 0 Å². The predicted molar refractivity (Wildman–Crippen MR) is 64.0 cm³/mol. The number of hydrogen-bond acceptors (Lipinski definition) is 4. The third-order valence-corrected chi connectivity index (χ3v) is 2.55. The van der Waals surface area contributed by atoms with Crippen LogP contribution in [0, 0.1) is 10.1 Å². The van der Waals surface area contributed by atoms with E-state index >= 15 is 0 Å². The molecule has 2 N–H and O–H groups in total. The second-order valence-electron chi connectivity index (χ2n) is 3.56. The van der Waals surface area contributed by atoms with Gasteiger partial charge in [-0.05, 0) is 5.56 Å². The summed E-state index contributed by atoms with van der Waals surface area (Å²) in [6.45, 7) is 2.78. The minimum atomic E-state index is -0.379. The van der Waals surface area contributed by atoms with E-state index < -0.39 is 0 Å². The highest BCUT2D eigenvalue weighted by Gasteiger charge is 2.14. The summed E-state index contributed by atoms with van der Waals surface area (Å²) < 4.78 is 0. The summed E-state index contributed by atoms with van der Waals surface area (Å²) in [5, 5.41) is 17.1. The van der Waals surface area contributed by atoms with E-state index in [4.69, 9.17) is 0 Å². The summed E-state index contributed by atoms with van der Waals surface area (Å²) in [6, 6.07) is 6.97. The van der Waals surface area contributed by atoms with Crippen molar-refractivity contribution in [2.24, 2.45) is 0 Å². The molecule has 0 unspecified atom stereocenters. The van der Waals surface area contributed by atoms with Gasteiger partial charge in [0.2, 0.25) is 0 Å². The molecule has 1 aliphatic heterocycles. The molecule has 1 atom stereocenters. The first-order valence-corrected chi connectivity index (χ1v) is 4.96. The Morgan fingerprint density at radius 3 is 2.44 bits per heavy atom. The average molecular weight is 244 g/mol. The lowest BCUT2D eigenvalue weighted by atomic mass is 10.1. The van der Waals surface area contributed by atoms with Crippen LogP contribution >= 0.6 is 12.4 Å². The second kappa shape index (κ2) is 5.79. The van der Waals surface area contributed by atoms with E-state index in [9.17, 15) is 10.1 Å². The van der Waals surface area contributed by atoms with Crippen molar-refractivity contribution >= 4 is 18.1 Å². The summed E-state index contributed by atoms with van der Waals surface area (Å²) in [7, 11) is 0. The maximum atomic E-state index is 10.5. The number of nitro groups is 1. The number of nitrogens with zero attached hydrogens (tertiary/aromatic N) is 1. The molecule has 6 heteroatoms. The van der Waals surface area contributed by atoms with Gasteiger partial charge < -0.3 is 10.6 Å². The molecule has 88 valence electrons. The van der Waals surface area contributed by atoms with Gasteiger partial charge in [-0.2, -0.15) is 0 Å². The maximum Gasteiger partial charge on any atom is 0.269 e. The van der Waals surface area contributed by atoms with Crippen LogP contribution in [-0.4, -0.2) is 24.6 Å². The zero-order valence-corrected chi connectivity index (χ0v) is 9.50. The van der Waals surface area contributed by atoms with Crippen molar-refractivity contribution in [1.82, 2.24) is 10.6 Å². The van der Waals surface area contributed by atoms with Crippen LogP contribution in [0.3, 0.4) is 0 Å². The highest BCUT2D eigenvalue weighted by atomic mass is 35.5. The fraction of sp³-hybridized carbons (Fsp3) is 0.400. The van der Waals surface area contributed by atoms with Crippen molar-refractivity contribution in [3.05, 3.63) is 39.9 Å². The van der Waals surface area contributed by atoms with Crippen molar-refractivity contribution in [1.29, 1.82) is 0 Å². The van der Waals surface area contributed by atoms with Crippen molar-refractivity contribution in [2.75, 3.05) is 19.6 Å². The number of rotatable bonds is 2. The lowest BCUT2D eigenvalue weighted by Gasteiger charge is -2.24. The summed E-state index contributed by atoms with van der Waals surface area (Å²) in [6.07, 6.45) is 0. The Bertz CT molecular complexity index is 350. The van der Waals surface area contributed by atoms with E-state index in [-0.39, 0.29) is 29.1 Å². The third-order valence-electron chi connectivity index (χ3n) is 2.55. The van der Waals surface area contributed by atoms with Crippen LogP contribution in [-0.2, 0) is 0 Å². The second-order valence-corrected chi connectivity index (χ2v) is 3.56. The Morgan fingerprint density at radius 2 is 1.94 bits per heavy atom. The average Bonchev–Trinajstić information content (AvgIpc) is 2.30. The van der Waals surface area contributed by atoms with Gasteiger partial charge in [0.15, 0.2) is 0 Å². The molecule has 1 aromatic rings. The van der Waals surface area contributed by atoms with E-state index in [1.54, 1.807) is 12.1 Å². The number of non-ortho nitro benzene ring substituents is 1. The number of nitrogens with one attached hydrogen (secondary N) is 2. The van der Waals surface area contributed by atoms with Gasteiger partial charge in [-0.1, -0.05) is 12.1 Å². The first kappa shape index (κ1) is 12.9. The molecule has 16 heavy (non-hydrogen) atoms. The Kier molecular flexibility index (Phi) is 4.67. The number of nitro benzene ring substituents is 1. The molecule has 0 radical (unpaired) electrons. The minimum absolute atomic E-state index is 0. The minimum Gasteiger partial charge on any atom is -0.314 e. The normalized spacial score (nSPS) is 19.9. The number of halogens is 1. The van der Waals surface area contributed by atoms with E-state index in [0.717, 1.165) is 25.2 Å². The monoisotopic (exact) mass is 243 g/mol. The van der Waals surface area contributed by atoms with E-state index in [1.807, 2.05) is 12.1 Å². The number of piperazine rings is 1. The van der Waals surface area contributed by atoms with Crippen LogP contribution in [0.15, 0.2) is 24.3 Å². The van der Waals surface area contributed by atoms with Gasteiger partial charge >= 0.3 is 0 Å². The lowest BCUT2D eigenvalue weighted by molar-refractivity contribution is -0.384. The zero-order valence-electron chi connectivity index (χ0n) is 8.68. The van der Waals surface area contributed by atoms with Gasteiger partial charge in [0.25, 0.3) is 5.69 Å². The summed E-state index contributed by atoms with van der Waals surface area (Å²) in [5.74, 6) is 0. The Morgan fingerprint density at radius 1 is 1.25 bits per heavy atom. The van der Waals surface area contributed by atoms with Crippen LogP contribution in [0.25, 0.3) is 0 Å². The van der Waals surface area contributed by atoms with Gasteiger partial charge in [-0.3, -0.25) is 10.1 Å². The summed E-state index contributed by atoms with van der Waals surface area (Å²) in [4.78, 5) is 10.1. The first-order valence-electron chi connectivity index (χ1n) is 4.96. The highest BCUT2D eigenvalue weighted by molar-refractivity contribution is 5.85. The van der Waals surface area contributed by atoms with Gasteiger partial charge in [0, 0.05) is 37.8 Å². The summed E-state index contributed by atoms with van der Waals surface area (Å²) in [5.41, 5.74) is 1.23. The SMILES string of the molecule is Cl.O=[N+]([O-])c1ccc([C@@H]2CNCCN2)cc1. The van der Waals surface area contributed by atoms with E-state index in [2.05, 4.69) is 10.6 Å². The lowest BCUT2D eigenvalue weighted by Crippen LogP contribution is -2.42. The molecule has 1 saturated heterocycles. The Hall–Kier alpha value is -1.17. The predicted octanol–water partition coefficient (Wildman–Crippen LogP) is 1.25. The molecule has 1 fully saturated rings. The first-order chi connectivity index (χ1) is 7.27. The molecular formula is C10H14ClN3O2. The molecule has 0 aliphatic carbocycles. The molecule has 0 aromatic heterocycles. The molecular weight excluding hydrogens is 230 g/mol. The maximum absolute atomic E-state index is 10.5. The summed E-state index contributed by atoms with van der Waals surface area (Å²) >= 11 is 0. The van der Waals surface area contributed by atoms with Crippen molar-refractivity contribution in [2.45, 2.75) is 6.04 Å². The molecule has 1 heterocycles. The molecule has 1 aliphatic rings. The van der Waals surface area contributed by atoms with Gasteiger partial charge in [-0.15, -0.1) is 12.4 Å². The van der Waals surface area contributed by atoms with Crippen molar-refractivity contribution < 1.29 is 4.92 Å². The number of hydrogen-bond donors (Lipinski definition) is 2. The Balaban J connectivity index is 0.00000128. The van der Waals surface area contributed by atoms with Crippen molar-refractivity contribution in [3.8, 4) is 0 Å². The third kappa shape index (κ3) is 2.91. The fourth-order valence-corrected chi connectivity index (χ4v) is 1.72. The molecule has 2 rings (SSSR count). The highest BCUT2D eigenvalue weighted by Crippen LogP contribution is 2.18. The molecule has 1 aromatic carbocycles. The smallest absolute Gasteiger partial charge is 0.269 e.